The fourth-order valence-corrected chi connectivity index (χ4v) is 2.20. The molecule has 2 rings (SSSR count). The zero-order valence-electron chi connectivity index (χ0n) is 11.3. The molecule has 0 aliphatic rings. The number of aliphatic carboxylic acids is 1. The number of rotatable bonds is 6. The summed E-state index contributed by atoms with van der Waals surface area (Å²) >= 11 is 0. The van der Waals surface area contributed by atoms with E-state index in [2.05, 4.69) is 10.3 Å². The van der Waals surface area contributed by atoms with Crippen LogP contribution in [-0.4, -0.2) is 28.1 Å². The first-order valence-corrected chi connectivity index (χ1v) is 6.65. The highest BCUT2D eigenvalue weighted by atomic mass is 16.4. The van der Waals surface area contributed by atoms with E-state index in [1.165, 1.54) is 0 Å². The molecule has 4 nitrogen and oxygen atoms in total. The number of aromatic nitrogens is 1. The van der Waals surface area contributed by atoms with Gasteiger partial charge in [-0.05, 0) is 25.0 Å². The molecular formula is C15H20N2O2. The van der Waals surface area contributed by atoms with Crippen molar-refractivity contribution in [1.29, 1.82) is 0 Å². The van der Waals surface area contributed by atoms with Gasteiger partial charge in [0, 0.05) is 29.6 Å². The van der Waals surface area contributed by atoms with Gasteiger partial charge in [-0.2, -0.15) is 0 Å². The van der Waals surface area contributed by atoms with Crippen LogP contribution in [0, 0.1) is 0 Å². The summed E-state index contributed by atoms with van der Waals surface area (Å²) in [4.78, 5) is 14.5. The summed E-state index contributed by atoms with van der Waals surface area (Å²) in [6.45, 7) is 4.05. The van der Waals surface area contributed by atoms with Crippen LogP contribution in [0.5, 0.6) is 0 Å². The molecule has 0 aliphatic carbocycles. The SMILES string of the molecule is CCC(C)NC(Cc1c[nH]c2ccccc12)C(=O)O. The second-order valence-electron chi connectivity index (χ2n) is 4.93. The second-order valence-corrected chi connectivity index (χ2v) is 4.93. The average molecular weight is 260 g/mol. The summed E-state index contributed by atoms with van der Waals surface area (Å²) in [6.07, 6.45) is 3.31. The number of aromatic amines is 1. The molecule has 0 aliphatic heterocycles. The number of hydrogen-bond acceptors (Lipinski definition) is 2. The van der Waals surface area contributed by atoms with Gasteiger partial charge in [-0.25, -0.2) is 0 Å². The lowest BCUT2D eigenvalue weighted by atomic mass is 10.0. The average Bonchev–Trinajstić information content (AvgIpc) is 2.81. The third kappa shape index (κ3) is 3.15. The van der Waals surface area contributed by atoms with Crippen LogP contribution in [0.4, 0.5) is 0 Å². The van der Waals surface area contributed by atoms with Crippen molar-refractivity contribution in [3.05, 3.63) is 36.0 Å². The Morgan fingerprint density at radius 2 is 2.16 bits per heavy atom. The minimum absolute atomic E-state index is 0.200. The van der Waals surface area contributed by atoms with Gasteiger partial charge in [0.25, 0.3) is 0 Å². The molecule has 0 bridgehead atoms. The van der Waals surface area contributed by atoms with E-state index in [1.807, 2.05) is 44.3 Å². The number of fused-ring (bicyclic) bond motifs is 1. The first kappa shape index (κ1) is 13.6. The van der Waals surface area contributed by atoms with E-state index in [0.717, 1.165) is 22.9 Å². The van der Waals surface area contributed by atoms with Crippen molar-refractivity contribution in [2.75, 3.05) is 0 Å². The summed E-state index contributed by atoms with van der Waals surface area (Å²) < 4.78 is 0. The highest BCUT2D eigenvalue weighted by Crippen LogP contribution is 2.19. The second kappa shape index (κ2) is 5.89. The zero-order chi connectivity index (χ0) is 13.8. The number of nitrogens with one attached hydrogen (secondary N) is 2. The molecule has 102 valence electrons. The molecule has 0 amide bonds. The van der Waals surface area contributed by atoms with Crippen LogP contribution in [0.2, 0.25) is 0 Å². The predicted molar refractivity (Wildman–Crippen MR) is 76.3 cm³/mol. The fraction of sp³-hybridized carbons (Fsp3) is 0.400. The van der Waals surface area contributed by atoms with E-state index in [9.17, 15) is 9.90 Å². The van der Waals surface area contributed by atoms with Gasteiger partial charge >= 0.3 is 5.97 Å². The summed E-state index contributed by atoms with van der Waals surface area (Å²) in [6, 6.07) is 7.60. The summed E-state index contributed by atoms with van der Waals surface area (Å²) in [5.41, 5.74) is 2.09. The number of carboxylic acids is 1. The monoisotopic (exact) mass is 260 g/mol. The largest absolute Gasteiger partial charge is 0.480 e. The Morgan fingerprint density at radius 1 is 1.42 bits per heavy atom. The third-order valence-corrected chi connectivity index (χ3v) is 3.50. The Bertz CT molecular complexity index is 562. The molecule has 0 saturated heterocycles. The van der Waals surface area contributed by atoms with Gasteiger partial charge in [0.1, 0.15) is 6.04 Å². The first-order chi connectivity index (χ1) is 9.11. The van der Waals surface area contributed by atoms with Crippen LogP contribution in [0.1, 0.15) is 25.8 Å². The Labute approximate surface area is 112 Å². The molecule has 0 spiro atoms. The number of benzene rings is 1. The Balaban J connectivity index is 2.19. The van der Waals surface area contributed by atoms with Crippen molar-refractivity contribution >= 4 is 16.9 Å². The predicted octanol–water partition coefficient (Wildman–Crippen LogP) is 2.55. The van der Waals surface area contributed by atoms with E-state index in [0.29, 0.717) is 6.42 Å². The minimum Gasteiger partial charge on any atom is -0.480 e. The lowest BCUT2D eigenvalue weighted by Gasteiger charge is -2.18. The Morgan fingerprint density at radius 3 is 2.84 bits per heavy atom. The maximum Gasteiger partial charge on any atom is 0.321 e. The molecule has 4 heteroatoms. The number of carbonyl (C=O) groups is 1. The van der Waals surface area contributed by atoms with Crippen LogP contribution in [0.15, 0.2) is 30.5 Å². The molecule has 1 aromatic heterocycles. The number of para-hydroxylation sites is 1. The van der Waals surface area contributed by atoms with Crippen molar-refractivity contribution in [3.63, 3.8) is 0 Å². The van der Waals surface area contributed by atoms with Gasteiger partial charge in [-0.15, -0.1) is 0 Å². The summed E-state index contributed by atoms with van der Waals surface area (Å²) in [5, 5.41) is 13.6. The van der Waals surface area contributed by atoms with Crippen molar-refractivity contribution in [3.8, 4) is 0 Å². The van der Waals surface area contributed by atoms with E-state index < -0.39 is 12.0 Å². The Kier molecular flexibility index (Phi) is 4.22. The smallest absolute Gasteiger partial charge is 0.321 e. The maximum atomic E-state index is 11.3. The van der Waals surface area contributed by atoms with Gasteiger partial charge < -0.3 is 15.4 Å². The molecule has 2 atom stereocenters. The van der Waals surface area contributed by atoms with E-state index in [4.69, 9.17) is 0 Å². The molecule has 1 heterocycles. The maximum absolute atomic E-state index is 11.3. The van der Waals surface area contributed by atoms with Crippen molar-refractivity contribution in [1.82, 2.24) is 10.3 Å². The zero-order valence-corrected chi connectivity index (χ0v) is 11.3. The number of carboxylic acid groups (broad SMARTS) is 1. The molecule has 3 N–H and O–H groups in total. The van der Waals surface area contributed by atoms with Gasteiger partial charge in [-0.3, -0.25) is 4.79 Å². The van der Waals surface area contributed by atoms with Crippen molar-refractivity contribution < 1.29 is 9.90 Å². The molecule has 1 aromatic carbocycles. The lowest BCUT2D eigenvalue weighted by Crippen LogP contribution is -2.43. The molecular weight excluding hydrogens is 240 g/mol. The highest BCUT2D eigenvalue weighted by molar-refractivity contribution is 5.84. The standard InChI is InChI=1S/C15H20N2O2/c1-3-10(2)17-14(15(18)19)8-11-9-16-13-7-5-4-6-12(11)13/h4-7,9-10,14,16-17H,3,8H2,1-2H3,(H,18,19). The normalized spacial score (nSPS) is 14.4. The topological polar surface area (TPSA) is 65.1 Å². The molecule has 2 aromatic rings. The number of H-pyrrole nitrogens is 1. The fourth-order valence-electron chi connectivity index (χ4n) is 2.20. The first-order valence-electron chi connectivity index (χ1n) is 6.65. The van der Waals surface area contributed by atoms with E-state index >= 15 is 0 Å². The van der Waals surface area contributed by atoms with Gasteiger partial charge in [0.2, 0.25) is 0 Å². The Hall–Kier alpha value is -1.81. The van der Waals surface area contributed by atoms with Crippen molar-refractivity contribution in [2.24, 2.45) is 0 Å². The summed E-state index contributed by atoms with van der Waals surface area (Å²) in [5.74, 6) is -0.800. The molecule has 0 saturated carbocycles. The minimum atomic E-state index is -0.800. The third-order valence-electron chi connectivity index (χ3n) is 3.50. The van der Waals surface area contributed by atoms with Gasteiger partial charge in [0.05, 0.1) is 0 Å². The lowest BCUT2D eigenvalue weighted by molar-refractivity contribution is -0.139. The molecule has 2 unspecified atom stereocenters. The van der Waals surface area contributed by atoms with E-state index in [-0.39, 0.29) is 6.04 Å². The van der Waals surface area contributed by atoms with Gasteiger partial charge in [-0.1, -0.05) is 25.1 Å². The van der Waals surface area contributed by atoms with Crippen LogP contribution in [0.3, 0.4) is 0 Å². The van der Waals surface area contributed by atoms with Crippen molar-refractivity contribution in [2.45, 2.75) is 38.8 Å². The highest BCUT2D eigenvalue weighted by Gasteiger charge is 2.20. The molecule has 19 heavy (non-hydrogen) atoms. The van der Waals surface area contributed by atoms with Crippen LogP contribution < -0.4 is 5.32 Å². The molecule has 0 fully saturated rings. The van der Waals surface area contributed by atoms with E-state index in [1.54, 1.807) is 0 Å². The van der Waals surface area contributed by atoms with Crippen LogP contribution >= 0.6 is 0 Å². The molecule has 0 radical (unpaired) electrons. The van der Waals surface area contributed by atoms with Gasteiger partial charge in [0.15, 0.2) is 0 Å². The van der Waals surface area contributed by atoms with Crippen LogP contribution in [0.25, 0.3) is 10.9 Å². The summed E-state index contributed by atoms with van der Waals surface area (Å²) in [7, 11) is 0. The quantitative estimate of drug-likeness (QED) is 0.748. The number of hydrogen-bond donors (Lipinski definition) is 3. The van der Waals surface area contributed by atoms with Crippen LogP contribution in [-0.2, 0) is 11.2 Å².